The number of rotatable bonds is 6. The third-order valence-corrected chi connectivity index (χ3v) is 5.93. The fraction of sp³-hybridized carbons (Fsp3) is 0.0455. The predicted octanol–water partition coefficient (Wildman–Crippen LogP) is 4.08. The van der Waals surface area contributed by atoms with Crippen molar-refractivity contribution in [2.75, 3.05) is 10.4 Å². The number of halogens is 3. The molecule has 0 spiro atoms. The van der Waals surface area contributed by atoms with Crippen LogP contribution in [0.15, 0.2) is 87.9 Å². The summed E-state index contributed by atoms with van der Waals surface area (Å²) in [5.41, 5.74) is 1.61. The summed E-state index contributed by atoms with van der Waals surface area (Å²) in [6, 6.07) is 13.4. The van der Waals surface area contributed by atoms with Gasteiger partial charge in [0.05, 0.1) is 26.8 Å². The molecule has 0 saturated carbocycles. The average Bonchev–Trinajstić information content (AvgIpc) is 3.18. The second-order valence-electron chi connectivity index (χ2n) is 7.49. The summed E-state index contributed by atoms with van der Waals surface area (Å²) < 4.78 is 70.3. The molecule has 190 valence electrons. The summed E-state index contributed by atoms with van der Waals surface area (Å²) in [6.45, 7) is 0. The van der Waals surface area contributed by atoms with E-state index in [9.17, 15) is 36.5 Å². The zero-order valence-corrected chi connectivity index (χ0v) is 19.1. The molecule has 15 heteroatoms. The van der Waals surface area contributed by atoms with Crippen LogP contribution >= 0.6 is 0 Å². The number of nitrogens with zero attached hydrogens (tertiary/aromatic N) is 4. The lowest BCUT2D eigenvalue weighted by atomic mass is 10.1. The predicted molar refractivity (Wildman–Crippen MR) is 126 cm³/mol. The van der Waals surface area contributed by atoms with Crippen molar-refractivity contribution in [2.45, 2.75) is 11.1 Å². The molecule has 37 heavy (non-hydrogen) atoms. The molecule has 0 saturated heterocycles. The molecule has 2 N–H and O–H groups in total. The third kappa shape index (κ3) is 5.46. The van der Waals surface area contributed by atoms with Gasteiger partial charge in [-0.2, -0.15) is 36.8 Å². The Hall–Kier alpha value is -4.63. The van der Waals surface area contributed by atoms with Gasteiger partial charge in [0.1, 0.15) is 5.71 Å². The van der Waals surface area contributed by atoms with Gasteiger partial charge in [0.2, 0.25) is 0 Å². The highest BCUT2D eigenvalue weighted by Crippen LogP contribution is 2.31. The number of nitrogens with one attached hydrogen (secondary N) is 1. The second-order valence-corrected chi connectivity index (χ2v) is 8.91. The van der Waals surface area contributed by atoms with E-state index in [0.29, 0.717) is 0 Å². The first-order chi connectivity index (χ1) is 17.3. The average molecular weight is 533 g/mol. The molecular weight excluding hydrogens is 519 g/mol. The third-order valence-electron chi connectivity index (χ3n) is 5.06. The van der Waals surface area contributed by atoms with Gasteiger partial charge < -0.3 is 0 Å². The van der Waals surface area contributed by atoms with E-state index in [1.165, 1.54) is 36.4 Å². The summed E-state index contributed by atoms with van der Waals surface area (Å²) >= 11 is 0. The van der Waals surface area contributed by atoms with Crippen molar-refractivity contribution in [3.05, 3.63) is 94.0 Å². The molecular formula is C22H14F3N5O6S. The van der Waals surface area contributed by atoms with Crippen molar-refractivity contribution >= 4 is 44.5 Å². The summed E-state index contributed by atoms with van der Waals surface area (Å²) in [4.78, 5) is 23.1. The van der Waals surface area contributed by atoms with Gasteiger partial charge in [-0.25, -0.2) is 0 Å². The van der Waals surface area contributed by atoms with Crippen molar-refractivity contribution in [3.8, 4) is 0 Å². The Morgan fingerprint density at radius 3 is 2.08 bits per heavy atom. The molecule has 1 heterocycles. The minimum absolute atomic E-state index is 0.0140. The highest BCUT2D eigenvalue weighted by atomic mass is 32.2. The molecule has 0 radical (unpaired) electrons. The molecule has 1 aliphatic rings. The van der Waals surface area contributed by atoms with E-state index in [-0.39, 0.29) is 38.9 Å². The van der Waals surface area contributed by atoms with Crippen LogP contribution in [-0.4, -0.2) is 35.2 Å². The smallest absolute Gasteiger partial charge is 0.282 e. The standard InChI is InChI=1S/C22H14F3N5O6S/c23-22(24,25)14-3-9-16(10-4-14)29-21(31)20(19(28-29)13-1-7-17(8-2-13)30(32)33)27-26-15-5-11-18(12-6-15)37(34,35)36/h1-12,26H,(H,34,35,36)/b27-20-. The van der Waals surface area contributed by atoms with Crippen molar-refractivity contribution in [2.24, 2.45) is 10.2 Å². The van der Waals surface area contributed by atoms with Gasteiger partial charge in [-0.3, -0.25) is 24.9 Å². The number of carbonyl (C=O) groups is 1. The number of anilines is 2. The molecule has 0 unspecified atom stereocenters. The minimum Gasteiger partial charge on any atom is -0.282 e. The maximum atomic E-state index is 13.2. The number of nitro benzene ring substituents is 1. The van der Waals surface area contributed by atoms with Crippen LogP contribution in [-0.2, 0) is 21.1 Å². The second kappa shape index (κ2) is 9.44. The molecule has 0 atom stereocenters. The van der Waals surface area contributed by atoms with Crippen LogP contribution in [0.2, 0.25) is 0 Å². The minimum atomic E-state index is -4.58. The number of nitro groups is 1. The quantitative estimate of drug-likeness (QED) is 0.275. The van der Waals surface area contributed by atoms with E-state index in [1.807, 2.05) is 0 Å². The van der Waals surface area contributed by atoms with E-state index >= 15 is 0 Å². The number of benzene rings is 3. The number of hydrogen-bond donors (Lipinski definition) is 2. The fourth-order valence-corrected chi connectivity index (χ4v) is 3.70. The topological polar surface area (TPSA) is 155 Å². The SMILES string of the molecule is O=C1/C(=N\Nc2ccc(S(=O)(=O)O)cc2)C(c2ccc([N+](=O)[O-])cc2)=NN1c1ccc(C(F)(F)F)cc1. The lowest BCUT2D eigenvalue weighted by molar-refractivity contribution is -0.384. The first-order valence-corrected chi connectivity index (χ1v) is 11.6. The summed E-state index contributed by atoms with van der Waals surface area (Å²) in [7, 11) is -4.43. The molecule has 0 bridgehead atoms. The molecule has 3 aromatic rings. The number of alkyl halides is 3. The summed E-state index contributed by atoms with van der Waals surface area (Å²) in [5.74, 6) is -0.810. The number of carbonyl (C=O) groups excluding carboxylic acids is 1. The van der Waals surface area contributed by atoms with Gasteiger partial charge in [-0.05, 0) is 60.7 Å². The molecule has 0 aromatic heterocycles. The van der Waals surface area contributed by atoms with Crippen LogP contribution in [0.3, 0.4) is 0 Å². The summed E-state index contributed by atoms with van der Waals surface area (Å²) in [6.07, 6.45) is -4.58. The molecule has 0 fully saturated rings. The van der Waals surface area contributed by atoms with Crippen LogP contribution in [0.5, 0.6) is 0 Å². The zero-order valence-electron chi connectivity index (χ0n) is 18.2. The van der Waals surface area contributed by atoms with Crippen LogP contribution in [0.4, 0.5) is 30.2 Å². The van der Waals surface area contributed by atoms with Crippen LogP contribution in [0, 0.1) is 10.1 Å². The lowest BCUT2D eigenvalue weighted by Crippen LogP contribution is -2.28. The highest BCUT2D eigenvalue weighted by Gasteiger charge is 2.35. The number of hydrogen-bond acceptors (Lipinski definition) is 8. The fourth-order valence-electron chi connectivity index (χ4n) is 3.22. The van der Waals surface area contributed by atoms with E-state index in [4.69, 9.17) is 4.55 Å². The van der Waals surface area contributed by atoms with E-state index in [1.54, 1.807) is 0 Å². The summed E-state index contributed by atoms with van der Waals surface area (Å²) in [5, 5.41) is 20.0. The van der Waals surface area contributed by atoms with Crippen LogP contribution < -0.4 is 10.4 Å². The number of amides is 1. The van der Waals surface area contributed by atoms with Crippen molar-refractivity contribution in [3.63, 3.8) is 0 Å². The molecule has 1 amide bonds. The normalized spacial score (nSPS) is 15.1. The maximum absolute atomic E-state index is 13.2. The Kier molecular flexibility index (Phi) is 6.49. The molecule has 11 nitrogen and oxygen atoms in total. The molecule has 0 aliphatic carbocycles. The number of hydrazone groups is 2. The van der Waals surface area contributed by atoms with E-state index in [2.05, 4.69) is 15.6 Å². The number of non-ortho nitro benzene ring substituents is 1. The molecule has 1 aliphatic heterocycles. The first-order valence-electron chi connectivity index (χ1n) is 10.1. The monoisotopic (exact) mass is 533 g/mol. The van der Waals surface area contributed by atoms with Crippen LogP contribution in [0.25, 0.3) is 0 Å². The van der Waals surface area contributed by atoms with E-state index in [0.717, 1.165) is 41.4 Å². The maximum Gasteiger partial charge on any atom is 0.416 e. The van der Waals surface area contributed by atoms with Gasteiger partial charge >= 0.3 is 12.1 Å². The van der Waals surface area contributed by atoms with Gasteiger partial charge in [-0.1, -0.05) is 0 Å². The molecule has 3 aromatic carbocycles. The van der Waals surface area contributed by atoms with Crippen molar-refractivity contribution in [1.29, 1.82) is 0 Å². The van der Waals surface area contributed by atoms with Crippen LogP contribution in [0.1, 0.15) is 11.1 Å². The van der Waals surface area contributed by atoms with E-state index < -0.39 is 32.7 Å². The Balaban J connectivity index is 1.71. The van der Waals surface area contributed by atoms with Gasteiger partial charge in [-0.15, -0.1) is 0 Å². The highest BCUT2D eigenvalue weighted by molar-refractivity contribution is 7.85. The Morgan fingerprint density at radius 2 is 1.57 bits per heavy atom. The van der Waals surface area contributed by atoms with Gasteiger partial charge in [0.25, 0.3) is 15.8 Å². The Morgan fingerprint density at radius 1 is 0.973 bits per heavy atom. The van der Waals surface area contributed by atoms with Gasteiger partial charge in [0, 0.05) is 17.7 Å². The molecule has 4 rings (SSSR count). The Labute approximate surface area is 206 Å². The van der Waals surface area contributed by atoms with Crippen molar-refractivity contribution < 1.29 is 35.9 Å². The van der Waals surface area contributed by atoms with Crippen molar-refractivity contribution in [1.82, 2.24) is 0 Å². The Bertz CT molecular complexity index is 1540. The zero-order chi connectivity index (χ0) is 27.0. The lowest BCUT2D eigenvalue weighted by Gasteiger charge is -2.13. The largest absolute Gasteiger partial charge is 0.416 e. The van der Waals surface area contributed by atoms with Gasteiger partial charge in [0.15, 0.2) is 5.71 Å². The first kappa shape index (κ1) is 25.5.